The van der Waals surface area contributed by atoms with Crippen LogP contribution in [0.4, 0.5) is 0 Å². The Bertz CT molecular complexity index is 1050. The zero-order valence-electron chi connectivity index (χ0n) is 18.0. The summed E-state index contributed by atoms with van der Waals surface area (Å²) in [7, 11) is 0. The summed E-state index contributed by atoms with van der Waals surface area (Å²) in [4.78, 5) is 25.8. The van der Waals surface area contributed by atoms with Gasteiger partial charge in [0.15, 0.2) is 11.5 Å². The van der Waals surface area contributed by atoms with E-state index in [9.17, 15) is 9.59 Å². The van der Waals surface area contributed by atoms with Crippen molar-refractivity contribution in [2.45, 2.75) is 26.4 Å². The Kier molecular flexibility index (Phi) is 5.52. The second kappa shape index (κ2) is 8.61. The number of rotatable bonds is 7. The Hall–Kier alpha value is -3.41. The van der Waals surface area contributed by atoms with Gasteiger partial charge in [0.2, 0.25) is 0 Å². The Morgan fingerprint density at radius 2 is 1.62 bits per heavy atom. The fraction of sp³-hybridized carbons (Fsp3) is 0.346. The molecule has 0 radical (unpaired) electrons. The highest BCUT2D eigenvalue weighted by Crippen LogP contribution is 2.49. The minimum Gasteiger partial charge on any atom is -0.490 e. The van der Waals surface area contributed by atoms with Crippen LogP contribution < -0.4 is 9.47 Å². The van der Waals surface area contributed by atoms with Gasteiger partial charge in [-0.1, -0.05) is 42.5 Å². The van der Waals surface area contributed by atoms with Crippen LogP contribution in [-0.2, 0) is 16.2 Å². The van der Waals surface area contributed by atoms with Gasteiger partial charge in [0.1, 0.15) is 6.61 Å². The zero-order chi connectivity index (χ0) is 22.1. The van der Waals surface area contributed by atoms with Gasteiger partial charge in [-0.3, -0.25) is 9.59 Å². The molecule has 4 atom stereocenters. The first-order valence-corrected chi connectivity index (χ1v) is 11.2. The topological polar surface area (TPSA) is 68.2 Å². The molecule has 3 aliphatic carbocycles. The molecule has 6 rings (SSSR count). The average molecular weight is 431 g/mol. The van der Waals surface area contributed by atoms with Gasteiger partial charge in [-0.05, 0) is 60.9 Å². The molecule has 0 spiro atoms. The summed E-state index contributed by atoms with van der Waals surface area (Å²) >= 11 is 0. The molecule has 1 saturated heterocycles. The number of imide groups is 1. The van der Waals surface area contributed by atoms with Crippen LogP contribution in [0, 0.1) is 23.7 Å². The van der Waals surface area contributed by atoms with Crippen molar-refractivity contribution in [2.24, 2.45) is 28.8 Å². The van der Waals surface area contributed by atoms with E-state index in [2.05, 4.69) is 17.3 Å². The lowest BCUT2D eigenvalue weighted by atomic mass is 9.63. The number of hydrogen-bond acceptors (Lipinski definition) is 5. The van der Waals surface area contributed by atoms with Crippen LogP contribution >= 0.6 is 0 Å². The highest BCUT2D eigenvalue weighted by Gasteiger charge is 2.56. The quantitative estimate of drug-likeness (QED) is 0.375. The van der Waals surface area contributed by atoms with E-state index in [1.165, 1.54) is 0 Å². The van der Waals surface area contributed by atoms with Crippen molar-refractivity contribution in [1.82, 2.24) is 5.01 Å². The van der Waals surface area contributed by atoms with Crippen molar-refractivity contribution >= 4 is 18.0 Å². The molecule has 6 heteroatoms. The second-order valence-corrected chi connectivity index (χ2v) is 8.49. The number of nitrogens with zero attached hydrogens (tertiary/aromatic N) is 2. The van der Waals surface area contributed by atoms with Crippen molar-refractivity contribution in [2.75, 3.05) is 6.61 Å². The minimum atomic E-state index is -0.254. The Balaban J connectivity index is 1.32. The lowest BCUT2D eigenvalue weighted by molar-refractivity contribution is -0.140. The van der Waals surface area contributed by atoms with E-state index < -0.39 is 0 Å². The van der Waals surface area contributed by atoms with Crippen molar-refractivity contribution in [3.8, 4) is 11.5 Å². The van der Waals surface area contributed by atoms with E-state index >= 15 is 0 Å². The summed E-state index contributed by atoms with van der Waals surface area (Å²) in [5.41, 5.74) is 1.80. The predicted molar refractivity (Wildman–Crippen MR) is 120 cm³/mol. The highest BCUT2D eigenvalue weighted by atomic mass is 16.5. The first-order chi connectivity index (χ1) is 15.7. The smallest absolute Gasteiger partial charge is 0.254 e. The van der Waals surface area contributed by atoms with E-state index in [1.807, 2.05) is 55.5 Å². The van der Waals surface area contributed by atoms with Crippen LogP contribution in [0.2, 0.25) is 0 Å². The number of carbonyl (C=O) groups excluding carboxylic acids is 2. The molecule has 4 aliphatic rings. The number of hydrogen-bond donors (Lipinski definition) is 0. The van der Waals surface area contributed by atoms with Gasteiger partial charge in [-0.25, -0.2) is 0 Å². The van der Waals surface area contributed by atoms with E-state index in [0.29, 0.717) is 24.7 Å². The van der Waals surface area contributed by atoms with Crippen molar-refractivity contribution < 1.29 is 19.1 Å². The number of benzene rings is 2. The summed E-state index contributed by atoms with van der Waals surface area (Å²) in [5.74, 6) is 0.690. The lowest BCUT2D eigenvalue weighted by Crippen LogP contribution is -2.38. The summed E-state index contributed by atoms with van der Waals surface area (Å²) in [5, 5.41) is 5.36. The normalized spacial score (nSPS) is 26.1. The molecule has 2 aromatic carbocycles. The summed E-state index contributed by atoms with van der Waals surface area (Å²) in [6.45, 7) is 2.84. The largest absolute Gasteiger partial charge is 0.490 e. The van der Waals surface area contributed by atoms with Gasteiger partial charge >= 0.3 is 0 Å². The molecule has 0 unspecified atom stereocenters. The SMILES string of the molecule is CCOc1cc(/C=N\N2C(=O)[C@H]3[C@H](C2=O)[C@H]2C=C[C@H]3CC2)ccc1OCc1ccccc1. The maximum atomic E-state index is 12.9. The second-order valence-electron chi connectivity index (χ2n) is 8.49. The number of fused-ring (bicyclic) bond motifs is 1. The molecular formula is C26H26N2O4. The predicted octanol–water partition coefficient (Wildman–Crippen LogP) is 4.20. The third kappa shape index (κ3) is 3.70. The Morgan fingerprint density at radius 3 is 2.25 bits per heavy atom. The number of amides is 2. The highest BCUT2D eigenvalue weighted by molar-refractivity contribution is 6.06. The van der Waals surface area contributed by atoms with E-state index in [1.54, 1.807) is 6.21 Å². The van der Waals surface area contributed by atoms with Gasteiger partial charge in [0, 0.05) is 0 Å². The molecule has 2 bridgehead atoms. The standard InChI is InChI=1S/C26H26N2O4/c1-2-31-22-14-18(8-13-21(22)32-16-17-6-4-3-5-7-17)15-27-28-25(29)23-19-9-10-20(12-11-19)24(23)26(28)30/h3-10,13-15,19-20,23-24H,2,11-12,16H2,1H3/b27-15-/t19-,20-,23+,24+/m0/s1. The van der Waals surface area contributed by atoms with Crippen LogP contribution in [0.25, 0.3) is 0 Å². The molecule has 1 saturated carbocycles. The van der Waals surface area contributed by atoms with E-state index in [-0.39, 0.29) is 35.5 Å². The molecule has 0 aromatic heterocycles. The minimum absolute atomic E-state index is 0.159. The van der Waals surface area contributed by atoms with Crippen LogP contribution in [0.3, 0.4) is 0 Å². The van der Waals surface area contributed by atoms with Crippen LogP contribution in [-0.4, -0.2) is 29.6 Å². The van der Waals surface area contributed by atoms with Gasteiger partial charge in [0.25, 0.3) is 11.8 Å². The molecule has 164 valence electrons. The maximum absolute atomic E-state index is 12.9. The zero-order valence-corrected chi connectivity index (χ0v) is 18.0. The number of hydrazone groups is 1. The number of allylic oxidation sites excluding steroid dienone is 2. The molecule has 0 N–H and O–H groups in total. The third-order valence-corrected chi connectivity index (χ3v) is 6.56. The first-order valence-electron chi connectivity index (χ1n) is 11.2. The van der Waals surface area contributed by atoms with Gasteiger partial charge in [-0.15, -0.1) is 0 Å². The maximum Gasteiger partial charge on any atom is 0.254 e. The molecule has 1 heterocycles. The van der Waals surface area contributed by atoms with Crippen molar-refractivity contribution in [3.05, 3.63) is 71.8 Å². The van der Waals surface area contributed by atoms with Crippen molar-refractivity contribution in [1.29, 1.82) is 0 Å². The van der Waals surface area contributed by atoms with Gasteiger partial charge < -0.3 is 9.47 Å². The van der Waals surface area contributed by atoms with Crippen molar-refractivity contribution in [3.63, 3.8) is 0 Å². The summed E-state index contributed by atoms with van der Waals surface area (Å²) < 4.78 is 11.7. The van der Waals surface area contributed by atoms with Crippen LogP contribution in [0.5, 0.6) is 11.5 Å². The molecule has 1 aliphatic heterocycles. The fourth-order valence-electron chi connectivity index (χ4n) is 5.02. The average Bonchev–Trinajstić information content (AvgIpc) is 3.10. The number of ether oxygens (including phenoxy) is 2. The van der Waals surface area contributed by atoms with E-state index in [0.717, 1.165) is 29.0 Å². The molecule has 2 aromatic rings. The summed E-state index contributed by atoms with van der Waals surface area (Å²) in [6.07, 6.45) is 7.71. The molecule has 2 fully saturated rings. The summed E-state index contributed by atoms with van der Waals surface area (Å²) in [6, 6.07) is 15.4. The number of carbonyl (C=O) groups is 2. The Morgan fingerprint density at radius 1 is 0.938 bits per heavy atom. The molecule has 32 heavy (non-hydrogen) atoms. The fourth-order valence-corrected chi connectivity index (χ4v) is 5.02. The van der Waals surface area contributed by atoms with Crippen LogP contribution in [0.15, 0.2) is 65.8 Å². The monoisotopic (exact) mass is 430 g/mol. The molecule has 6 nitrogen and oxygen atoms in total. The van der Waals surface area contributed by atoms with E-state index in [4.69, 9.17) is 9.47 Å². The van der Waals surface area contributed by atoms with Gasteiger partial charge in [0.05, 0.1) is 24.7 Å². The lowest BCUT2D eigenvalue weighted by Gasteiger charge is -2.37. The van der Waals surface area contributed by atoms with Gasteiger partial charge in [-0.2, -0.15) is 10.1 Å². The molecule has 2 amide bonds. The third-order valence-electron chi connectivity index (χ3n) is 6.56. The molecular weight excluding hydrogens is 404 g/mol. The van der Waals surface area contributed by atoms with Crippen LogP contribution in [0.1, 0.15) is 30.9 Å². The first kappa shape index (κ1) is 20.5. The Labute approximate surface area is 187 Å².